The van der Waals surface area contributed by atoms with Gasteiger partial charge >= 0.3 is 5.92 Å². The fraction of sp³-hybridized carbons (Fsp3) is 0.615. The van der Waals surface area contributed by atoms with Crippen LogP contribution in [0.5, 0.6) is 0 Å². The van der Waals surface area contributed by atoms with Crippen LogP contribution in [0.1, 0.15) is 56.5 Å². The van der Waals surface area contributed by atoms with Gasteiger partial charge < -0.3 is 5.32 Å². The summed E-state index contributed by atoms with van der Waals surface area (Å²) < 4.78 is 27.4. The predicted molar refractivity (Wildman–Crippen MR) is 64.8 cm³/mol. The number of hydrogen-bond acceptors (Lipinski definition) is 2. The number of halogens is 2. The molecule has 0 aliphatic carbocycles. The average molecular weight is 240 g/mol. The second-order valence-electron chi connectivity index (χ2n) is 5.23. The van der Waals surface area contributed by atoms with Crippen LogP contribution in [0.3, 0.4) is 0 Å². The standard InChI is InChI=1S/C13H18F2N2/c1-7(2)9-5-10(8(3)4)17-12-11(9)16-6-13(12,14)15/h5,7-8,16H,6H2,1-4H3. The highest BCUT2D eigenvalue weighted by Gasteiger charge is 2.42. The summed E-state index contributed by atoms with van der Waals surface area (Å²) in [6.07, 6.45) is 0. The van der Waals surface area contributed by atoms with Crippen molar-refractivity contribution in [2.24, 2.45) is 0 Å². The molecule has 2 nitrogen and oxygen atoms in total. The van der Waals surface area contributed by atoms with E-state index < -0.39 is 5.92 Å². The molecular weight excluding hydrogens is 222 g/mol. The van der Waals surface area contributed by atoms with Crippen LogP contribution in [-0.4, -0.2) is 11.5 Å². The molecule has 1 aliphatic rings. The third kappa shape index (κ3) is 2.01. The maximum atomic E-state index is 13.7. The van der Waals surface area contributed by atoms with Crippen LogP contribution in [0, 0.1) is 0 Å². The average Bonchev–Trinajstić information content (AvgIpc) is 2.53. The zero-order valence-corrected chi connectivity index (χ0v) is 10.6. The second-order valence-corrected chi connectivity index (χ2v) is 5.23. The molecule has 2 heterocycles. The van der Waals surface area contributed by atoms with Crippen molar-refractivity contribution < 1.29 is 8.78 Å². The van der Waals surface area contributed by atoms with E-state index in [0.717, 1.165) is 11.3 Å². The summed E-state index contributed by atoms with van der Waals surface area (Å²) in [5.41, 5.74) is 2.15. The number of aromatic nitrogens is 1. The SMILES string of the molecule is CC(C)c1cc(C(C)C)c2c(n1)C(F)(F)CN2. The van der Waals surface area contributed by atoms with Gasteiger partial charge in [-0.3, -0.25) is 0 Å². The van der Waals surface area contributed by atoms with Crippen molar-refractivity contribution in [2.75, 3.05) is 11.9 Å². The van der Waals surface area contributed by atoms with Crippen molar-refractivity contribution in [1.29, 1.82) is 0 Å². The molecule has 1 aliphatic heterocycles. The highest BCUT2D eigenvalue weighted by molar-refractivity contribution is 5.62. The Kier molecular flexibility index (Phi) is 2.84. The van der Waals surface area contributed by atoms with Crippen LogP contribution < -0.4 is 5.32 Å². The lowest BCUT2D eigenvalue weighted by molar-refractivity contribution is 0.0140. The summed E-state index contributed by atoms with van der Waals surface area (Å²) >= 11 is 0. The minimum absolute atomic E-state index is 0.0765. The van der Waals surface area contributed by atoms with Crippen molar-refractivity contribution in [3.8, 4) is 0 Å². The highest BCUT2D eigenvalue weighted by atomic mass is 19.3. The molecule has 0 atom stereocenters. The van der Waals surface area contributed by atoms with Crippen LogP contribution in [-0.2, 0) is 5.92 Å². The van der Waals surface area contributed by atoms with E-state index in [2.05, 4.69) is 10.3 Å². The number of nitrogens with zero attached hydrogens (tertiary/aromatic N) is 1. The largest absolute Gasteiger partial charge is 0.377 e. The fourth-order valence-corrected chi connectivity index (χ4v) is 2.07. The Morgan fingerprint density at radius 3 is 2.41 bits per heavy atom. The van der Waals surface area contributed by atoms with Crippen LogP contribution in [0.15, 0.2) is 6.07 Å². The molecular formula is C13H18F2N2. The minimum Gasteiger partial charge on any atom is -0.377 e. The summed E-state index contributed by atoms with van der Waals surface area (Å²) in [7, 11) is 0. The van der Waals surface area contributed by atoms with Gasteiger partial charge in [0.05, 0.1) is 12.2 Å². The van der Waals surface area contributed by atoms with Crippen molar-refractivity contribution in [3.63, 3.8) is 0 Å². The van der Waals surface area contributed by atoms with Crippen molar-refractivity contribution in [3.05, 3.63) is 23.0 Å². The summed E-state index contributed by atoms with van der Waals surface area (Å²) in [5.74, 6) is -2.47. The monoisotopic (exact) mass is 240 g/mol. The summed E-state index contributed by atoms with van der Waals surface area (Å²) in [4.78, 5) is 4.14. The van der Waals surface area contributed by atoms with Gasteiger partial charge in [-0.2, -0.15) is 8.78 Å². The molecule has 0 saturated heterocycles. The van der Waals surface area contributed by atoms with Gasteiger partial charge in [0.25, 0.3) is 0 Å². The quantitative estimate of drug-likeness (QED) is 0.849. The van der Waals surface area contributed by atoms with E-state index in [0.29, 0.717) is 5.69 Å². The van der Waals surface area contributed by atoms with Crippen LogP contribution in [0.25, 0.3) is 0 Å². The maximum Gasteiger partial charge on any atom is 0.308 e. The number of hydrogen-bond donors (Lipinski definition) is 1. The number of pyridine rings is 1. The molecule has 1 aromatic rings. The molecule has 0 aromatic carbocycles. The van der Waals surface area contributed by atoms with Gasteiger partial charge in [-0.25, -0.2) is 4.98 Å². The molecule has 2 rings (SSSR count). The number of rotatable bonds is 2. The van der Waals surface area contributed by atoms with Crippen molar-refractivity contribution in [1.82, 2.24) is 4.98 Å². The minimum atomic E-state index is -2.84. The molecule has 17 heavy (non-hydrogen) atoms. The molecule has 0 saturated carbocycles. The third-order valence-corrected chi connectivity index (χ3v) is 3.12. The first-order chi connectivity index (χ1) is 7.83. The predicted octanol–water partition coefficient (Wildman–Crippen LogP) is 3.85. The van der Waals surface area contributed by atoms with Gasteiger partial charge in [-0.05, 0) is 23.5 Å². The van der Waals surface area contributed by atoms with Gasteiger partial charge in [-0.1, -0.05) is 27.7 Å². The summed E-state index contributed by atoms with van der Waals surface area (Å²) in [5, 5.41) is 2.79. The zero-order chi connectivity index (χ0) is 12.8. The molecule has 0 bridgehead atoms. The zero-order valence-electron chi connectivity index (χ0n) is 10.6. The first kappa shape index (κ1) is 12.3. The van der Waals surface area contributed by atoms with Crippen LogP contribution in [0.2, 0.25) is 0 Å². The summed E-state index contributed by atoms with van der Waals surface area (Å²) in [6.45, 7) is 7.63. The van der Waals surface area contributed by atoms with E-state index in [1.165, 1.54) is 0 Å². The highest BCUT2D eigenvalue weighted by Crippen LogP contribution is 2.42. The van der Waals surface area contributed by atoms with Crippen molar-refractivity contribution in [2.45, 2.75) is 45.5 Å². The van der Waals surface area contributed by atoms with Gasteiger partial charge in [0.15, 0.2) is 0 Å². The van der Waals surface area contributed by atoms with Crippen LogP contribution in [0.4, 0.5) is 14.5 Å². The number of fused-ring (bicyclic) bond motifs is 1. The molecule has 0 unspecified atom stereocenters. The lowest BCUT2D eigenvalue weighted by atomic mass is 9.97. The maximum absolute atomic E-state index is 13.7. The Labute approximate surface area is 100 Å². The molecule has 0 radical (unpaired) electrons. The number of nitrogens with one attached hydrogen (secondary N) is 1. The Morgan fingerprint density at radius 2 is 1.88 bits per heavy atom. The van der Waals surface area contributed by atoms with E-state index in [4.69, 9.17) is 0 Å². The summed E-state index contributed by atoms with van der Waals surface area (Å²) in [6, 6.07) is 1.95. The Balaban J connectivity index is 2.63. The van der Waals surface area contributed by atoms with E-state index in [1.54, 1.807) is 0 Å². The number of anilines is 1. The molecule has 0 fully saturated rings. The molecule has 94 valence electrons. The van der Waals surface area contributed by atoms with Crippen molar-refractivity contribution >= 4 is 5.69 Å². The van der Waals surface area contributed by atoms with Crippen LogP contribution >= 0.6 is 0 Å². The van der Waals surface area contributed by atoms with Gasteiger partial charge in [0.1, 0.15) is 5.69 Å². The van der Waals surface area contributed by atoms with E-state index >= 15 is 0 Å². The Hall–Kier alpha value is -1.19. The fourth-order valence-electron chi connectivity index (χ4n) is 2.07. The first-order valence-corrected chi connectivity index (χ1v) is 6.00. The second kappa shape index (κ2) is 3.93. The lowest BCUT2D eigenvalue weighted by Crippen LogP contribution is -2.17. The lowest BCUT2D eigenvalue weighted by Gasteiger charge is -2.16. The Bertz CT molecular complexity index is 439. The molecule has 0 amide bonds. The van der Waals surface area contributed by atoms with E-state index in [-0.39, 0.29) is 24.1 Å². The van der Waals surface area contributed by atoms with Gasteiger partial charge in [0, 0.05) is 5.69 Å². The Morgan fingerprint density at radius 1 is 1.24 bits per heavy atom. The normalized spacial score (nSPS) is 17.4. The van der Waals surface area contributed by atoms with E-state index in [1.807, 2.05) is 33.8 Å². The van der Waals surface area contributed by atoms with E-state index in [9.17, 15) is 8.78 Å². The van der Waals surface area contributed by atoms with Gasteiger partial charge in [0.2, 0.25) is 0 Å². The third-order valence-electron chi connectivity index (χ3n) is 3.12. The smallest absolute Gasteiger partial charge is 0.308 e. The topological polar surface area (TPSA) is 24.9 Å². The molecule has 1 N–H and O–H groups in total. The first-order valence-electron chi connectivity index (χ1n) is 6.00. The van der Waals surface area contributed by atoms with Gasteiger partial charge in [-0.15, -0.1) is 0 Å². The number of alkyl halides is 2. The molecule has 4 heteroatoms. The molecule has 0 spiro atoms. The molecule has 1 aromatic heterocycles.